The fourth-order valence-corrected chi connectivity index (χ4v) is 1.80. The Hall–Kier alpha value is 0.240. The molecule has 0 heterocycles. The number of aliphatic hydroxyl groups excluding tert-OH is 1. The van der Waals surface area contributed by atoms with Crippen LogP contribution in [0.3, 0.4) is 0 Å². The Morgan fingerprint density at radius 1 is 1.33 bits per heavy atom. The number of aliphatic hydroxyl groups is 1. The molecule has 0 saturated carbocycles. The van der Waals surface area contributed by atoms with Crippen LogP contribution in [0, 0.1) is 0 Å². The Labute approximate surface area is 89.4 Å². The molecule has 1 aromatic rings. The first kappa shape index (κ1) is 10.3. The largest absolute Gasteiger partial charge is 0.389 e. The quantitative estimate of drug-likeness (QED) is 0.769. The lowest BCUT2D eigenvalue weighted by atomic mass is 10.1. The summed E-state index contributed by atoms with van der Waals surface area (Å²) in [5.41, 5.74) is 0.643. The Morgan fingerprint density at radius 3 is 2.42 bits per heavy atom. The van der Waals surface area contributed by atoms with Crippen molar-refractivity contribution in [3.05, 3.63) is 32.2 Å². The first-order valence-corrected chi connectivity index (χ1v) is 4.90. The molecular weight excluding hydrogens is 263 g/mol. The molecule has 1 atom stereocenters. The highest BCUT2D eigenvalue weighted by molar-refractivity contribution is 9.10. The van der Waals surface area contributed by atoms with Gasteiger partial charge in [0.2, 0.25) is 0 Å². The van der Waals surface area contributed by atoms with Gasteiger partial charge in [0, 0.05) is 10.0 Å². The van der Waals surface area contributed by atoms with Gasteiger partial charge < -0.3 is 5.11 Å². The van der Waals surface area contributed by atoms with Crippen LogP contribution in [0.1, 0.15) is 18.6 Å². The van der Waals surface area contributed by atoms with Crippen LogP contribution >= 0.6 is 39.1 Å². The molecule has 12 heavy (non-hydrogen) atoms. The van der Waals surface area contributed by atoms with E-state index in [4.69, 9.17) is 23.2 Å². The number of halogens is 3. The minimum absolute atomic E-state index is 0.404. The molecule has 0 aliphatic rings. The van der Waals surface area contributed by atoms with Gasteiger partial charge in [0.05, 0.1) is 16.1 Å². The molecule has 1 unspecified atom stereocenters. The highest BCUT2D eigenvalue weighted by Gasteiger charge is 2.11. The summed E-state index contributed by atoms with van der Waals surface area (Å²) in [6, 6.07) is 3.50. The molecule has 0 aliphatic heterocycles. The molecule has 0 saturated heterocycles. The minimum Gasteiger partial charge on any atom is -0.389 e. The zero-order valence-electron chi connectivity index (χ0n) is 6.31. The second kappa shape index (κ2) is 3.97. The van der Waals surface area contributed by atoms with Crippen LogP contribution in [0.5, 0.6) is 0 Å². The van der Waals surface area contributed by atoms with Gasteiger partial charge in [-0.2, -0.15) is 0 Å². The van der Waals surface area contributed by atoms with Gasteiger partial charge in [-0.25, -0.2) is 0 Å². The number of rotatable bonds is 1. The van der Waals surface area contributed by atoms with Crippen molar-refractivity contribution < 1.29 is 5.11 Å². The zero-order valence-corrected chi connectivity index (χ0v) is 9.41. The maximum absolute atomic E-state index is 9.26. The van der Waals surface area contributed by atoms with Gasteiger partial charge in [-0.05, 0) is 28.9 Å². The van der Waals surface area contributed by atoms with Crippen molar-refractivity contribution in [3.8, 4) is 0 Å². The fraction of sp³-hybridized carbons (Fsp3) is 0.250. The number of benzene rings is 1. The predicted octanol–water partition coefficient (Wildman–Crippen LogP) is 3.81. The van der Waals surface area contributed by atoms with Gasteiger partial charge in [0.15, 0.2) is 0 Å². The van der Waals surface area contributed by atoms with Crippen LogP contribution in [-0.4, -0.2) is 5.11 Å². The van der Waals surface area contributed by atoms with Gasteiger partial charge in [0.1, 0.15) is 0 Å². The van der Waals surface area contributed by atoms with E-state index in [1.807, 2.05) is 0 Å². The highest BCUT2D eigenvalue weighted by atomic mass is 79.9. The maximum atomic E-state index is 9.26. The van der Waals surface area contributed by atoms with Crippen LogP contribution in [0.25, 0.3) is 0 Å². The summed E-state index contributed by atoms with van der Waals surface area (Å²) in [6.07, 6.45) is -0.594. The standard InChI is InChI=1S/C8H7BrCl2O/c1-4(12)5-2-3-6(9)8(11)7(5)10/h2-4,12H,1H3. The van der Waals surface area contributed by atoms with Crippen molar-refractivity contribution in [2.45, 2.75) is 13.0 Å². The van der Waals surface area contributed by atoms with Crippen LogP contribution in [-0.2, 0) is 0 Å². The van der Waals surface area contributed by atoms with Crippen molar-refractivity contribution in [3.63, 3.8) is 0 Å². The molecule has 0 spiro atoms. The molecular formula is C8H7BrCl2O. The van der Waals surface area contributed by atoms with Crippen molar-refractivity contribution in [2.75, 3.05) is 0 Å². The topological polar surface area (TPSA) is 20.2 Å². The lowest BCUT2D eigenvalue weighted by Crippen LogP contribution is -1.92. The van der Waals surface area contributed by atoms with Gasteiger partial charge in [-0.3, -0.25) is 0 Å². The molecule has 0 radical (unpaired) electrons. The van der Waals surface area contributed by atoms with Crippen LogP contribution in [0.15, 0.2) is 16.6 Å². The fourth-order valence-electron chi connectivity index (χ4n) is 0.863. The molecule has 0 bridgehead atoms. The molecule has 0 aliphatic carbocycles. The average molecular weight is 270 g/mol. The molecule has 0 amide bonds. The zero-order chi connectivity index (χ0) is 9.30. The van der Waals surface area contributed by atoms with E-state index < -0.39 is 6.10 Å². The second-order valence-electron chi connectivity index (χ2n) is 2.44. The number of hydrogen-bond acceptors (Lipinski definition) is 1. The molecule has 1 rings (SSSR count). The predicted molar refractivity (Wildman–Crippen MR) is 54.8 cm³/mol. The Balaban J connectivity index is 3.27. The molecule has 1 nitrogen and oxygen atoms in total. The smallest absolute Gasteiger partial charge is 0.0776 e. The summed E-state index contributed by atoms with van der Waals surface area (Å²) in [7, 11) is 0. The molecule has 1 N–H and O–H groups in total. The van der Waals surface area contributed by atoms with Crippen LogP contribution < -0.4 is 0 Å². The summed E-state index contributed by atoms with van der Waals surface area (Å²) in [5, 5.41) is 10.1. The minimum atomic E-state index is -0.594. The summed E-state index contributed by atoms with van der Waals surface area (Å²) in [6.45, 7) is 1.64. The van der Waals surface area contributed by atoms with E-state index in [1.165, 1.54) is 0 Å². The van der Waals surface area contributed by atoms with Crippen LogP contribution in [0.2, 0.25) is 10.0 Å². The maximum Gasteiger partial charge on any atom is 0.0776 e. The third kappa shape index (κ3) is 1.94. The highest BCUT2D eigenvalue weighted by Crippen LogP contribution is 2.35. The van der Waals surface area contributed by atoms with Crippen molar-refractivity contribution in [1.82, 2.24) is 0 Å². The summed E-state index contributed by atoms with van der Waals surface area (Å²) in [4.78, 5) is 0. The van der Waals surface area contributed by atoms with Crippen molar-refractivity contribution in [1.29, 1.82) is 0 Å². The van der Waals surface area contributed by atoms with E-state index in [-0.39, 0.29) is 0 Å². The van der Waals surface area contributed by atoms with E-state index in [9.17, 15) is 5.11 Å². The summed E-state index contributed by atoms with van der Waals surface area (Å²) >= 11 is 14.9. The van der Waals surface area contributed by atoms with E-state index in [0.29, 0.717) is 15.6 Å². The lowest BCUT2D eigenvalue weighted by Gasteiger charge is -2.09. The van der Waals surface area contributed by atoms with Gasteiger partial charge >= 0.3 is 0 Å². The van der Waals surface area contributed by atoms with Gasteiger partial charge in [0.25, 0.3) is 0 Å². The van der Waals surface area contributed by atoms with E-state index >= 15 is 0 Å². The Kier molecular flexibility index (Phi) is 3.41. The molecule has 1 aromatic carbocycles. The first-order valence-electron chi connectivity index (χ1n) is 3.35. The third-order valence-electron chi connectivity index (χ3n) is 1.52. The summed E-state index contributed by atoms with van der Waals surface area (Å²) < 4.78 is 0.735. The second-order valence-corrected chi connectivity index (χ2v) is 4.05. The van der Waals surface area contributed by atoms with Gasteiger partial charge in [-0.1, -0.05) is 29.3 Å². The SMILES string of the molecule is CC(O)c1ccc(Br)c(Cl)c1Cl. The van der Waals surface area contributed by atoms with E-state index in [0.717, 1.165) is 4.47 Å². The lowest BCUT2D eigenvalue weighted by molar-refractivity contribution is 0.199. The molecule has 0 aromatic heterocycles. The van der Waals surface area contributed by atoms with Crippen LogP contribution in [0.4, 0.5) is 0 Å². The van der Waals surface area contributed by atoms with Gasteiger partial charge in [-0.15, -0.1) is 0 Å². The Morgan fingerprint density at radius 2 is 1.92 bits per heavy atom. The van der Waals surface area contributed by atoms with Crippen molar-refractivity contribution >= 4 is 39.1 Å². The van der Waals surface area contributed by atoms with E-state index in [1.54, 1.807) is 19.1 Å². The molecule has 4 heteroatoms. The summed E-state index contributed by atoms with van der Waals surface area (Å²) in [5.74, 6) is 0. The monoisotopic (exact) mass is 268 g/mol. The Bertz CT molecular complexity index is 299. The van der Waals surface area contributed by atoms with Crippen molar-refractivity contribution in [2.24, 2.45) is 0 Å². The molecule has 66 valence electrons. The first-order chi connectivity index (χ1) is 5.54. The molecule has 0 fully saturated rings. The number of hydrogen-bond donors (Lipinski definition) is 1. The van der Waals surface area contributed by atoms with E-state index in [2.05, 4.69) is 15.9 Å². The third-order valence-corrected chi connectivity index (χ3v) is 3.30. The normalized spacial score (nSPS) is 13.1. The average Bonchev–Trinajstić information content (AvgIpc) is 2.00.